The molecule has 1 aromatic carbocycles. The van der Waals surface area contributed by atoms with E-state index in [9.17, 15) is 4.79 Å². The zero-order valence-electron chi connectivity index (χ0n) is 13.9. The van der Waals surface area contributed by atoms with Crippen molar-refractivity contribution in [2.75, 3.05) is 0 Å². The Hall–Kier alpha value is -2.89. The number of hydrogen-bond acceptors (Lipinski definition) is 3. The minimum absolute atomic E-state index is 0.0191. The number of benzene rings is 1. The third-order valence-electron chi connectivity index (χ3n) is 3.92. The molecule has 0 radical (unpaired) electrons. The van der Waals surface area contributed by atoms with E-state index in [0.29, 0.717) is 12.4 Å². The third kappa shape index (κ3) is 3.71. The van der Waals surface area contributed by atoms with Crippen LogP contribution in [0.5, 0.6) is 0 Å². The molecule has 0 saturated carbocycles. The Kier molecular flexibility index (Phi) is 4.74. The highest BCUT2D eigenvalue weighted by Crippen LogP contribution is 2.17. The number of nitrogens with zero attached hydrogens (tertiary/aromatic N) is 4. The summed E-state index contributed by atoms with van der Waals surface area (Å²) in [5, 5.41) is 11.5. The largest absolute Gasteiger partial charge is 0.344 e. The molecule has 24 heavy (non-hydrogen) atoms. The molecule has 6 nitrogen and oxygen atoms in total. The molecule has 0 saturated heterocycles. The highest BCUT2D eigenvalue weighted by molar-refractivity contribution is 5.92. The van der Waals surface area contributed by atoms with Crippen LogP contribution in [0.4, 0.5) is 0 Å². The van der Waals surface area contributed by atoms with E-state index in [1.165, 1.54) is 5.56 Å². The second kappa shape index (κ2) is 7.12. The predicted molar refractivity (Wildman–Crippen MR) is 91.5 cm³/mol. The zero-order chi connectivity index (χ0) is 16.9. The van der Waals surface area contributed by atoms with E-state index in [2.05, 4.69) is 53.6 Å². The van der Waals surface area contributed by atoms with Crippen molar-refractivity contribution in [1.82, 2.24) is 24.9 Å². The number of nitrogens with one attached hydrogen (secondary N) is 1. The van der Waals surface area contributed by atoms with E-state index in [1.807, 2.05) is 12.3 Å². The van der Waals surface area contributed by atoms with Gasteiger partial charge >= 0.3 is 0 Å². The monoisotopic (exact) mass is 323 g/mol. The Bertz CT molecular complexity index is 789. The van der Waals surface area contributed by atoms with Gasteiger partial charge in [-0.1, -0.05) is 36.8 Å². The molecular formula is C18H21N5O. The molecule has 1 atom stereocenters. The lowest BCUT2D eigenvalue weighted by atomic mass is 10.0. The summed E-state index contributed by atoms with van der Waals surface area (Å²) in [5.41, 5.74) is 2.72. The number of carbonyl (C=O) groups excluding carboxylic acids is 1. The van der Waals surface area contributed by atoms with Gasteiger partial charge in [0.1, 0.15) is 12.4 Å². The summed E-state index contributed by atoms with van der Waals surface area (Å²) in [6.45, 7) is 4.59. The molecule has 124 valence electrons. The van der Waals surface area contributed by atoms with Gasteiger partial charge in [-0.2, -0.15) is 10.2 Å². The van der Waals surface area contributed by atoms with E-state index in [-0.39, 0.29) is 11.9 Å². The van der Waals surface area contributed by atoms with Crippen LogP contribution in [0.1, 0.15) is 41.0 Å². The molecule has 2 heterocycles. The quantitative estimate of drug-likeness (QED) is 0.758. The summed E-state index contributed by atoms with van der Waals surface area (Å²) in [5.74, 6) is -0.165. The first kappa shape index (κ1) is 16.0. The van der Waals surface area contributed by atoms with Gasteiger partial charge in [-0.05, 0) is 31.0 Å². The van der Waals surface area contributed by atoms with Gasteiger partial charge in [0.05, 0.1) is 6.04 Å². The molecule has 1 N–H and O–H groups in total. The van der Waals surface area contributed by atoms with Crippen LogP contribution in [0.3, 0.4) is 0 Å². The topological polar surface area (TPSA) is 64.7 Å². The SMILES string of the molecule is CCC(NC(=O)c1ccn(Cn2cccn2)n1)c1ccc(C)cc1. The minimum Gasteiger partial charge on any atom is -0.344 e. The summed E-state index contributed by atoms with van der Waals surface area (Å²) < 4.78 is 3.44. The first-order valence-electron chi connectivity index (χ1n) is 8.04. The van der Waals surface area contributed by atoms with Crippen LogP contribution in [0.25, 0.3) is 0 Å². The van der Waals surface area contributed by atoms with Gasteiger partial charge < -0.3 is 5.32 Å². The molecule has 0 aliphatic carbocycles. The van der Waals surface area contributed by atoms with Gasteiger partial charge in [-0.25, -0.2) is 0 Å². The Morgan fingerprint density at radius 3 is 2.62 bits per heavy atom. The zero-order valence-corrected chi connectivity index (χ0v) is 13.9. The number of aryl methyl sites for hydroxylation is 1. The van der Waals surface area contributed by atoms with E-state index in [1.54, 1.807) is 27.8 Å². The van der Waals surface area contributed by atoms with Gasteiger partial charge in [-0.3, -0.25) is 14.2 Å². The second-order valence-electron chi connectivity index (χ2n) is 5.77. The lowest BCUT2D eigenvalue weighted by Gasteiger charge is -2.17. The fraction of sp³-hybridized carbons (Fsp3) is 0.278. The third-order valence-corrected chi connectivity index (χ3v) is 3.92. The van der Waals surface area contributed by atoms with Gasteiger partial charge in [0.15, 0.2) is 0 Å². The van der Waals surface area contributed by atoms with Crippen LogP contribution in [-0.2, 0) is 6.67 Å². The fourth-order valence-corrected chi connectivity index (χ4v) is 2.55. The molecule has 6 heteroatoms. The van der Waals surface area contributed by atoms with Gasteiger partial charge in [0.2, 0.25) is 0 Å². The number of amides is 1. The van der Waals surface area contributed by atoms with E-state index in [4.69, 9.17) is 0 Å². The first-order chi connectivity index (χ1) is 11.7. The van der Waals surface area contributed by atoms with Crippen LogP contribution in [0.2, 0.25) is 0 Å². The van der Waals surface area contributed by atoms with Gasteiger partial charge in [0.25, 0.3) is 5.91 Å². The number of hydrogen-bond donors (Lipinski definition) is 1. The van der Waals surface area contributed by atoms with Crippen LogP contribution in [0.15, 0.2) is 55.0 Å². The maximum absolute atomic E-state index is 12.5. The Morgan fingerprint density at radius 1 is 1.17 bits per heavy atom. The number of aromatic nitrogens is 4. The van der Waals surface area contributed by atoms with Gasteiger partial charge in [-0.15, -0.1) is 0 Å². The van der Waals surface area contributed by atoms with Crippen molar-refractivity contribution in [1.29, 1.82) is 0 Å². The standard InChI is InChI=1S/C18H21N5O/c1-3-16(15-7-5-14(2)6-8-15)20-18(24)17-9-12-23(21-17)13-22-11-4-10-19-22/h4-12,16H,3,13H2,1-2H3,(H,20,24). The van der Waals surface area contributed by atoms with Crippen LogP contribution >= 0.6 is 0 Å². The average Bonchev–Trinajstić information content (AvgIpc) is 3.26. The maximum Gasteiger partial charge on any atom is 0.272 e. The van der Waals surface area contributed by atoms with Crippen molar-refractivity contribution in [3.63, 3.8) is 0 Å². The van der Waals surface area contributed by atoms with Crippen molar-refractivity contribution in [2.24, 2.45) is 0 Å². The van der Waals surface area contributed by atoms with Crippen molar-refractivity contribution in [2.45, 2.75) is 33.0 Å². The van der Waals surface area contributed by atoms with Crippen LogP contribution in [0, 0.1) is 6.92 Å². The summed E-state index contributed by atoms with van der Waals surface area (Å²) >= 11 is 0. The second-order valence-corrected chi connectivity index (χ2v) is 5.77. The van der Waals surface area contributed by atoms with Crippen molar-refractivity contribution in [3.8, 4) is 0 Å². The maximum atomic E-state index is 12.5. The fourth-order valence-electron chi connectivity index (χ4n) is 2.55. The Morgan fingerprint density at radius 2 is 1.96 bits per heavy atom. The molecule has 0 aliphatic rings. The molecular weight excluding hydrogens is 302 g/mol. The molecule has 3 rings (SSSR count). The first-order valence-corrected chi connectivity index (χ1v) is 8.04. The van der Waals surface area contributed by atoms with Gasteiger partial charge in [0, 0.05) is 18.6 Å². The molecule has 0 bridgehead atoms. The summed E-state index contributed by atoms with van der Waals surface area (Å²) in [6.07, 6.45) is 6.17. The van der Waals surface area contributed by atoms with E-state index >= 15 is 0 Å². The summed E-state index contributed by atoms with van der Waals surface area (Å²) in [6, 6.07) is 11.8. The van der Waals surface area contributed by atoms with Crippen molar-refractivity contribution >= 4 is 5.91 Å². The molecule has 2 aromatic heterocycles. The minimum atomic E-state index is -0.165. The lowest BCUT2D eigenvalue weighted by molar-refractivity contribution is 0.0929. The molecule has 1 unspecified atom stereocenters. The van der Waals surface area contributed by atoms with E-state index in [0.717, 1.165) is 12.0 Å². The number of carbonyl (C=O) groups is 1. The summed E-state index contributed by atoms with van der Waals surface area (Å²) in [4.78, 5) is 12.5. The normalized spacial score (nSPS) is 12.1. The Labute approximate surface area is 141 Å². The molecule has 0 fully saturated rings. The highest BCUT2D eigenvalue weighted by atomic mass is 16.2. The molecule has 1 amide bonds. The molecule has 0 spiro atoms. The van der Waals surface area contributed by atoms with Crippen LogP contribution < -0.4 is 5.32 Å². The van der Waals surface area contributed by atoms with Crippen molar-refractivity contribution in [3.05, 3.63) is 71.8 Å². The number of rotatable bonds is 6. The van der Waals surface area contributed by atoms with Crippen molar-refractivity contribution < 1.29 is 4.79 Å². The molecule has 3 aromatic rings. The Balaban J connectivity index is 1.67. The van der Waals surface area contributed by atoms with Crippen LogP contribution in [-0.4, -0.2) is 25.5 Å². The highest BCUT2D eigenvalue weighted by Gasteiger charge is 2.16. The molecule has 0 aliphatic heterocycles. The smallest absolute Gasteiger partial charge is 0.272 e. The average molecular weight is 323 g/mol. The van der Waals surface area contributed by atoms with E-state index < -0.39 is 0 Å². The lowest BCUT2D eigenvalue weighted by Crippen LogP contribution is -2.28. The predicted octanol–water partition coefficient (Wildman–Crippen LogP) is 2.77. The summed E-state index contributed by atoms with van der Waals surface area (Å²) in [7, 11) is 0.